The number of fused-ring (bicyclic) bond motifs is 1. The number of nitriles is 1. The zero-order valence-corrected chi connectivity index (χ0v) is 11.7. The van der Waals surface area contributed by atoms with Gasteiger partial charge in [-0.25, -0.2) is 4.98 Å². The van der Waals surface area contributed by atoms with Crippen molar-refractivity contribution in [3.05, 3.63) is 52.7 Å². The molecule has 2 aromatic rings. The third-order valence-electron chi connectivity index (χ3n) is 3.67. The number of rotatable bonds is 4. The summed E-state index contributed by atoms with van der Waals surface area (Å²) >= 11 is 0. The topological polar surface area (TPSA) is 66.1 Å². The maximum Gasteiger partial charge on any atom is 0.237 e. The smallest absolute Gasteiger partial charge is 0.237 e. The third kappa shape index (κ3) is 2.88. The van der Waals surface area contributed by atoms with Crippen molar-refractivity contribution < 1.29 is 9.84 Å². The molecule has 1 aromatic carbocycles. The molecule has 1 heterocycles. The summed E-state index contributed by atoms with van der Waals surface area (Å²) in [7, 11) is 0. The van der Waals surface area contributed by atoms with E-state index < -0.39 is 0 Å². The van der Waals surface area contributed by atoms with Gasteiger partial charge in [-0.15, -0.1) is 0 Å². The number of aliphatic hydroxyl groups excluding tert-OH is 1. The second-order valence-electron chi connectivity index (χ2n) is 5.13. The van der Waals surface area contributed by atoms with E-state index in [1.807, 2.05) is 30.3 Å². The van der Waals surface area contributed by atoms with Crippen molar-refractivity contribution in [1.29, 1.82) is 5.26 Å². The summed E-state index contributed by atoms with van der Waals surface area (Å²) in [5, 5.41) is 18.1. The molecular formula is C17H16N2O2. The number of ether oxygens (including phenoxy) is 1. The molecule has 106 valence electrons. The molecule has 1 N–H and O–H groups in total. The van der Waals surface area contributed by atoms with Crippen molar-refractivity contribution in [3.63, 3.8) is 0 Å². The average Bonchev–Trinajstić information content (AvgIpc) is 2.96. The quantitative estimate of drug-likeness (QED) is 0.935. The van der Waals surface area contributed by atoms with Gasteiger partial charge in [0.05, 0.1) is 0 Å². The van der Waals surface area contributed by atoms with Crippen molar-refractivity contribution in [2.24, 2.45) is 0 Å². The zero-order valence-electron chi connectivity index (χ0n) is 11.7. The maximum atomic E-state index is 9.24. The molecular weight excluding hydrogens is 264 g/mol. The third-order valence-corrected chi connectivity index (χ3v) is 3.67. The first-order valence-corrected chi connectivity index (χ1v) is 7.10. The minimum absolute atomic E-state index is 0.130. The lowest BCUT2D eigenvalue weighted by molar-refractivity contribution is 0.299. The molecule has 0 bridgehead atoms. The Labute approximate surface area is 123 Å². The van der Waals surface area contributed by atoms with E-state index in [0.717, 1.165) is 36.1 Å². The van der Waals surface area contributed by atoms with Crippen LogP contribution in [0.25, 0.3) is 0 Å². The lowest BCUT2D eigenvalue weighted by Crippen LogP contribution is -1.97. The molecule has 0 spiro atoms. The maximum absolute atomic E-state index is 9.24. The normalized spacial score (nSPS) is 12.8. The molecule has 0 amide bonds. The van der Waals surface area contributed by atoms with Crippen LogP contribution in [0.3, 0.4) is 0 Å². The van der Waals surface area contributed by atoms with Gasteiger partial charge < -0.3 is 9.84 Å². The first kappa shape index (κ1) is 13.6. The van der Waals surface area contributed by atoms with E-state index in [2.05, 4.69) is 11.1 Å². The second-order valence-corrected chi connectivity index (χ2v) is 5.13. The lowest BCUT2D eigenvalue weighted by Gasteiger charge is -2.09. The van der Waals surface area contributed by atoms with E-state index in [-0.39, 0.29) is 6.61 Å². The fourth-order valence-electron chi connectivity index (χ4n) is 2.58. The van der Waals surface area contributed by atoms with E-state index in [1.54, 1.807) is 0 Å². The Morgan fingerprint density at radius 2 is 2.05 bits per heavy atom. The number of pyridine rings is 1. The van der Waals surface area contributed by atoms with Crippen molar-refractivity contribution in [2.75, 3.05) is 6.61 Å². The number of benzene rings is 1. The predicted octanol–water partition coefficient (Wildman–Crippen LogP) is 2.77. The number of hydrogen-bond donors (Lipinski definition) is 1. The Bertz CT molecular complexity index is 687. The summed E-state index contributed by atoms with van der Waals surface area (Å²) in [4.78, 5) is 4.49. The Balaban J connectivity index is 1.86. The summed E-state index contributed by atoms with van der Waals surface area (Å²) in [5.41, 5.74) is 3.74. The molecule has 0 atom stereocenters. The number of aryl methyl sites for hydroxylation is 2. The van der Waals surface area contributed by atoms with Crippen LogP contribution in [0.1, 0.15) is 28.8 Å². The summed E-state index contributed by atoms with van der Waals surface area (Å²) in [6.07, 6.45) is 3.66. The summed E-state index contributed by atoms with van der Waals surface area (Å²) in [5.74, 6) is 1.03. The molecule has 0 unspecified atom stereocenters. The van der Waals surface area contributed by atoms with Crippen molar-refractivity contribution in [2.45, 2.75) is 25.7 Å². The summed E-state index contributed by atoms with van der Waals surface area (Å²) in [6, 6.07) is 11.5. The van der Waals surface area contributed by atoms with Crippen molar-refractivity contribution >= 4 is 0 Å². The molecule has 21 heavy (non-hydrogen) atoms. The highest BCUT2D eigenvalue weighted by Crippen LogP contribution is 2.29. The van der Waals surface area contributed by atoms with Gasteiger partial charge >= 0.3 is 0 Å². The van der Waals surface area contributed by atoms with Crippen LogP contribution in [0.2, 0.25) is 0 Å². The van der Waals surface area contributed by atoms with Gasteiger partial charge in [0.25, 0.3) is 0 Å². The minimum atomic E-state index is 0.130. The van der Waals surface area contributed by atoms with Crippen LogP contribution in [-0.2, 0) is 19.3 Å². The SMILES string of the molecule is N#Cc1cc2c(nc1Oc1ccc(CCO)cc1)CCC2. The van der Waals surface area contributed by atoms with Gasteiger partial charge in [0.15, 0.2) is 0 Å². The van der Waals surface area contributed by atoms with Gasteiger partial charge in [0, 0.05) is 12.3 Å². The molecule has 4 heteroatoms. The Hall–Kier alpha value is -2.38. The Morgan fingerprint density at radius 3 is 2.76 bits per heavy atom. The van der Waals surface area contributed by atoms with E-state index in [0.29, 0.717) is 23.6 Å². The van der Waals surface area contributed by atoms with Crippen LogP contribution in [-0.4, -0.2) is 16.7 Å². The Kier molecular flexibility index (Phi) is 3.85. The van der Waals surface area contributed by atoms with Crippen molar-refractivity contribution in [1.82, 2.24) is 4.98 Å². The molecule has 1 aliphatic rings. The fourth-order valence-corrected chi connectivity index (χ4v) is 2.58. The highest BCUT2D eigenvalue weighted by Gasteiger charge is 2.17. The van der Waals surface area contributed by atoms with E-state index in [4.69, 9.17) is 9.84 Å². The number of aromatic nitrogens is 1. The highest BCUT2D eigenvalue weighted by molar-refractivity contribution is 5.46. The standard InChI is InChI=1S/C17H16N2O2/c18-11-14-10-13-2-1-3-16(13)19-17(14)21-15-6-4-12(5-7-15)8-9-20/h4-7,10,20H,1-3,8-9H2. The van der Waals surface area contributed by atoms with Crippen LogP contribution >= 0.6 is 0 Å². The molecule has 3 rings (SSSR count). The van der Waals surface area contributed by atoms with Gasteiger partial charge in [0.1, 0.15) is 17.4 Å². The molecule has 1 aliphatic carbocycles. The number of aliphatic hydroxyl groups is 1. The molecule has 0 saturated heterocycles. The molecule has 0 radical (unpaired) electrons. The summed E-state index contributed by atoms with van der Waals surface area (Å²) < 4.78 is 5.76. The largest absolute Gasteiger partial charge is 0.438 e. The average molecular weight is 280 g/mol. The van der Waals surface area contributed by atoms with Crippen LogP contribution in [0.4, 0.5) is 0 Å². The van der Waals surface area contributed by atoms with Crippen LogP contribution in [0, 0.1) is 11.3 Å². The highest BCUT2D eigenvalue weighted by atomic mass is 16.5. The van der Waals surface area contributed by atoms with Gasteiger partial charge in [-0.1, -0.05) is 12.1 Å². The van der Waals surface area contributed by atoms with E-state index in [1.165, 1.54) is 0 Å². The first-order valence-electron chi connectivity index (χ1n) is 7.10. The van der Waals surface area contributed by atoms with Gasteiger partial charge in [-0.2, -0.15) is 5.26 Å². The number of hydrogen-bond acceptors (Lipinski definition) is 4. The first-order chi connectivity index (χ1) is 10.3. The van der Waals surface area contributed by atoms with Gasteiger partial charge in [0.2, 0.25) is 5.88 Å². The predicted molar refractivity (Wildman–Crippen MR) is 78.3 cm³/mol. The molecule has 4 nitrogen and oxygen atoms in total. The van der Waals surface area contributed by atoms with Crippen LogP contribution in [0.5, 0.6) is 11.6 Å². The fraction of sp³-hybridized carbons (Fsp3) is 0.294. The molecule has 1 aromatic heterocycles. The zero-order chi connectivity index (χ0) is 14.7. The van der Waals surface area contributed by atoms with Crippen LogP contribution in [0.15, 0.2) is 30.3 Å². The molecule has 0 aliphatic heterocycles. The van der Waals surface area contributed by atoms with Gasteiger partial charge in [-0.3, -0.25) is 0 Å². The van der Waals surface area contributed by atoms with E-state index >= 15 is 0 Å². The van der Waals surface area contributed by atoms with Gasteiger partial charge in [-0.05, 0) is 55.0 Å². The lowest BCUT2D eigenvalue weighted by atomic mass is 10.1. The van der Waals surface area contributed by atoms with Crippen molar-refractivity contribution in [3.8, 4) is 17.7 Å². The summed E-state index contributed by atoms with van der Waals surface area (Å²) in [6.45, 7) is 0.130. The van der Waals surface area contributed by atoms with Crippen LogP contribution < -0.4 is 4.74 Å². The monoisotopic (exact) mass is 280 g/mol. The minimum Gasteiger partial charge on any atom is -0.438 e. The molecule has 0 saturated carbocycles. The number of nitrogens with zero attached hydrogens (tertiary/aromatic N) is 2. The Morgan fingerprint density at radius 1 is 1.24 bits per heavy atom. The van der Waals surface area contributed by atoms with E-state index in [9.17, 15) is 5.26 Å². The molecule has 0 fully saturated rings. The second kappa shape index (κ2) is 5.94.